The summed E-state index contributed by atoms with van der Waals surface area (Å²) in [6.07, 6.45) is 1.53. The number of aromatic nitrogens is 2. The first-order chi connectivity index (χ1) is 11.8. The molecule has 0 aliphatic carbocycles. The van der Waals surface area contributed by atoms with Crippen LogP contribution in [0.1, 0.15) is 5.76 Å². The van der Waals surface area contributed by atoms with Crippen molar-refractivity contribution in [3.05, 3.63) is 81.5 Å². The Morgan fingerprint density at radius 2 is 2.04 bits per heavy atom. The summed E-state index contributed by atoms with van der Waals surface area (Å²) < 4.78 is 7.05. The maximum Gasteiger partial charge on any atom is 0.358 e. The minimum Gasteiger partial charge on any atom is -0.618 e. The fraction of sp³-hybridized carbons (Fsp3) is 0.0588. The topological polar surface area (TPSA) is 71.3 Å². The molecule has 120 valence electrons. The predicted molar refractivity (Wildman–Crippen MR) is 89.5 cm³/mol. The molecule has 0 fully saturated rings. The largest absolute Gasteiger partial charge is 0.618 e. The lowest BCUT2D eigenvalue weighted by Crippen LogP contribution is -2.42. The van der Waals surface area contributed by atoms with Gasteiger partial charge in [-0.2, -0.15) is 4.73 Å². The highest BCUT2D eigenvalue weighted by atomic mass is 32.1. The van der Waals surface area contributed by atoms with Gasteiger partial charge in [0.05, 0.1) is 6.26 Å². The van der Waals surface area contributed by atoms with Crippen LogP contribution in [0.4, 0.5) is 0 Å². The summed E-state index contributed by atoms with van der Waals surface area (Å²) in [4.78, 5) is 19.1. The number of rotatable bonds is 4. The molecule has 24 heavy (non-hydrogen) atoms. The number of thiophene rings is 1. The molecule has 0 bridgehead atoms. The Bertz CT molecular complexity index is 1040. The second-order valence-corrected chi connectivity index (χ2v) is 6.01. The number of hydrogen-bond acceptors (Lipinski definition) is 5. The number of hydrogen-bond donors (Lipinski definition) is 0. The van der Waals surface area contributed by atoms with Gasteiger partial charge in [0.2, 0.25) is 5.52 Å². The summed E-state index contributed by atoms with van der Waals surface area (Å²) in [5, 5.41) is 14.5. The molecular formula is C17H12N2O4S. The fourth-order valence-corrected chi connectivity index (χ4v) is 3.23. The molecule has 0 amide bonds. The van der Waals surface area contributed by atoms with E-state index in [1.807, 2.05) is 5.38 Å². The van der Waals surface area contributed by atoms with Crippen molar-refractivity contribution in [2.45, 2.75) is 6.61 Å². The average Bonchev–Trinajstić information content (AvgIpc) is 3.28. The fourth-order valence-electron chi connectivity index (χ4n) is 2.49. The van der Waals surface area contributed by atoms with Gasteiger partial charge in [-0.3, -0.25) is 4.79 Å². The first-order valence-corrected chi connectivity index (χ1v) is 8.10. The van der Waals surface area contributed by atoms with Gasteiger partial charge in [0, 0.05) is 6.07 Å². The van der Waals surface area contributed by atoms with Gasteiger partial charge >= 0.3 is 11.3 Å². The van der Waals surface area contributed by atoms with Crippen LogP contribution < -0.4 is 15.1 Å². The van der Waals surface area contributed by atoms with Crippen LogP contribution in [0.3, 0.4) is 0 Å². The van der Waals surface area contributed by atoms with E-state index in [0.717, 1.165) is 4.73 Å². The van der Waals surface area contributed by atoms with Crippen molar-refractivity contribution in [3.8, 4) is 10.6 Å². The van der Waals surface area contributed by atoms with E-state index in [2.05, 4.69) is 0 Å². The highest BCUT2D eigenvalue weighted by Crippen LogP contribution is 2.20. The zero-order chi connectivity index (χ0) is 16.5. The summed E-state index contributed by atoms with van der Waals surface area (Å²) in [6.45, 7) is 0.0870. The van der Waals surface area contributed by atoms with Crippen LogP contribution >= 0.6 is 11.3 Å². The minimum atomic E-state index is -0.502. The van der Waals surface area contributed by atoms with E-state index >= 15 is 0 Å². The van der Waals surface area contributed by atoms with Gasteiger partial charge in [-0.15, -0.1) is 16.1 Å². The number of furan rings is 1. The van der Waals surface area contributed by atoms with Gasteiger partial charge in [0.1, 0.15) is 10.6 Å². The van der Waals surface area contributed by atoms with Crippen LogP contribution in [0, 0.1) is 5.21 Å². The Morgan fingerprint density at radius 1 is 1.17 bits per heavy atom. The maximum atomic E-state index is 12.9. The second-order valence-electron chi connectivity index (χ2n) is 5.06. The minimum absolute atomic E-state index is 0.0446. The van der Waals surface area contributed by atoms with Gasteiger partial charge in [0.25, 0.3) is 0 Å². The quantitative estimate of drug-likeness (QED) is 0.423. The lowest BCUT2D eigenvalue weighted by atomic mass is 10.2. The lowest BCUT2D eigenvalue weighted by molar-refractivity contribution is -0.566. The van der Waals surface area contributed by atoms with Crippen LogP contribution in [0.25, 0.3) is 21.6 Å². The summed E-state index contributed by atoms with van der Waals surface area (Å²) in [6, 6.07) is 13.9. The van der Waals surface area contributed by atoms with Crippen LogP contribution in [0.5, 0.6) is 0 Å². The van der Waals surface area contributed by atoms with Crippen LogP contribution in [-0.2, 0) is 6.61 Å². The van der Waals surface area contributed by atoms with E-state index < -0.39 is 5.56 Å². The van der Waals surface area contributed by atoms with Crippen molar-refractivity contribution in [1.29, 1.82) is 0 Å². The summed E-state index contributed by atoms with van der Waals surface area (Å²) in [5.41, 5.74) is 0.310. The average molecular weight is 340 g/mol. The first kappa shape index (κ1) is 14.5. The van der Waals surface area contributed by atoms with E-state index in [4.69, 9.17) is 9.25 Å². The van der Waals surface area contributed by atoms with E-state index in [1.165, 1.54) is 17.6 Å². The number of nitrogens with zero attached hydrogens (tertiary/aromatic N) is 2. The first-order valence-electron chi connectivity index (χ1n) is 7.22. The van der Waals surface area contributed by atoms with Crippen molar-refractivity contribution in [3.63, 3.8) is 0 Å². The molecule has 0 aliphatic rings. The van der Waals surface area contributed by atoms with Gasteiger partial charge in [0.15, 0.2) is 12.1 Å². The van der Waals surface area contributed by atoms with Gasteiger partial charge in [-0.05, 0) is 29.6 Å². The third kappa shape index (κ3) is 2.35. The summed E-state index contributed by atoms with van der Waals surface area (Å²) >= 11 is 1.33. The van der Waals surface area contributed by atoms with Gasteiger partial charge in [-0.1, -0.05) is 18.2 Å². The molecule has 0 radical (unpaired) electrons. The van der Waals surface area contributed by atoms with Crippen molar-refractivity contribution in [1.82, 2.24) is 4.73 Å². The van der Waals surface area contributed by atoms with Crippen LogP contribution in [0.15, 0.2) is 69.4 Å². The number of para-hydroxylation sites is 2. The molecule has 4 aromatic rings. The standard InChI is InChI=1S/C17H12N2O4S/c20-17-16(15-8-4-10-24-15)18(21)13-6-1-2-7-14(13)19(17)23-11-12-5-3-9-22-12/h1-10H,11H2. The third-order valence-corrected chi connectivity index (χ3v) is 4.46. The molecule has 0 aliphatic heterocycles. The smallest absolute Gasteiger partial charge is 0.358 e. The Labute approximate surface area is 140 Å². The molecule has 0 saturated carbocycles. The zero-order valence-corrected chi connectivity index (χ0v) is 13.2. The Balaban J connectivity index is 1.92. The molecule has 0 saturated heterocycles. The molecular weight excluding hydrogens is 328 g/mol. The van der Waals surface area contributed by atoms with Crippen molar-refractivity contribution >= 4 is 22.4 Å². The highest BCUT2D eigenvalue weighted by Gasteiger charge is 2.24. The van der Waals surface area contributed by atoms with Crippen molar-refractivity contribution in [2.24, 2.45) is 0 Å². The number of benzene rings is 1. The SMILES string of the molecule is O=c1c(-c2cccs2)[n+]([O-])c2ccccc2n1OCc1ccco1. The second kappa shape index (κ2) is 5.86. The van der Waals surface area contributed by atoms with Gasteiger partial charge < -0.3 is 14.5 Å². The van der Waals surface area contributed by atoms with E-state index in [-0.39, 0.29) is 12.3 Å². The Hall–Kier alpha value is -3.06. The van der Waals surface area contributed by atoms with Crippen molar-refractivity contribution < 1.29 is 14.0 Å². The van der Waals surface area contributed by atoms with E-state index in [1.54, 1.807) is 48.5 Å². The summed E-state index contributed by atoms with van der Waals surface area (Å²) in [7, 11) is 0. The normalized spacial score (nSPS) is 11.0. The molecule has 0 spiro atoms. The highest BCUT2D eigenvalue weighted by molar-refractivity contribution is 7.13. The van der Waals surface area contributed by atoms with Gasteiger partial charge in [-0.25, -0.2) is 0 Å². The maximum absolute atomic E-state index is 12.9. The third-order valence-electron chi connectivity index (χ3n) is 3.58. The zero-order valence-electron chi connectivity index (χ0n) is 12.4. The van der Waals surface area contributed by atoms with E-state index in [0.29, 0.717) is 26.4 Å². The molecule has 3 aromatic heterocycles. The molecule has 1 aromatic carbocycles. The summed E-state index contributed by atoms with van der Waals surface area (Å²) in [5.74, 6) is 0.586. The Kier molecular flexibility index (Phi) is 3.55. The van der Waals surface area contributed by atoms with E-state index in [9.17, 15) is 10.0 Å². The van der Waals surface area contributed by atoms with Crippen LogP contribution in [0.2, 0.25) is 0 Å². The molecule has 4 rings (SSSR count). The molecule has 0 unspecified atom stereocenters. The molecule has 3 heterocycles. The molecule has 0 N–H and O–H groups in total. The predicted octanol–water partition coefficient (Wildman–Crippen LogP) is 2.59. The van der Waals surface area contributed by atoms with Crippen molar-refractivity contribution in [2.75, 3.05) is 0 Å². The van der Waals surface area contributed by atoms with Crippen LogP contribution in [-0.4, -0.2) is 4.73 Å². The monoisotopic (exact) mass is 340 g/mol. The molecule has 6 nitrogen and oxygen atoms in total. The molecule has 7 heteroatoms. The number of fused-ring (bicyclic) bond motifs is 1. The molecule has 0 atom stereocenters. The Morgan fingerprint density at radius 3 is 2.79 bits per heavy atom. The lowest BCUT2D eigenvalue weighted by Gasteiger charge is -2.12.